The van der Waals surface area contributed by atoms with Gasteiger partial charge in [0.25, 0.3) is 0 Å². The fourth-order valence-electron chi connectivity index (χ4n) is 3.74. The van der Waals surface area contributed by atoms with Crippen LogP contribution < -0.4 is 24.8 Å². The molecule has 2 aromatic heterocycles. The van der Waals surface area contributed by atoms with Crippen molar-refractivity contribution in [1.29, 1.82) is 0 Å². The molecule has 0 aliphatic carbocycles. The Morgan fingerprint density at radius 1 is 0.971 bits per heavy atom. The first-order valence-corrected chi connectivity index (χ1v) is 11.7. The van der Waals surface area contributed by atoms with E-state index in [2.05, 4.69) is 20.6 Å². The molecule has 0 fully saturated rings. The quantitative estimate of drug-likeness (QED) is 0.243. The van der Waals surface area contributed by atoms with Gasteiger partial charge in [0.05, 0.1) is 26.1 Å². The third-order valence-electron chi connectivity index (χ3n) is 5.63. The standard InChI is InChI=1S/C26H29N5O3S/c1-17-13-23(34-22-6-8-28-21-15-25(33-4)24(32-3)14-19(21)22)18(2)12-20(17)30-26(35)29-7-5-10-31-11-9-27-16-31/h6,8-9,11-16H,5,7,10H2,1-4H3,(H2,29,30,35). The number of thiocarbonyl (C=S) groups is 1. The van der Waals surface area contributed by atoms with Crippen molar-refractivity contribution < 1.29 is 14.2 Å². The van der Waals surface area contributed by atoms with E-state index in [0.29, 0.717) is 22.4 Å². The summed E-state index contributed by atoms with van der Waals surface area (Å²) in [6, 6.07) is 9.61. The molecule has 0 unspecified atom stereocenters. The smallest absolute Gasteiger partial charge is 0.170 e. The molecule has 2 aromatic carbocycles. The van der Waals surface area contributed by atoms with Crippen LogP contribution in [0, 0.1) is 13.8 Å². The summed E-state index contributed by atoms with van der Waals surface area (Å²) in [7, 11) is 3.22. The number of aromatic nitrogens is 3. The number of methoxy groups -OCH3 is 2. The maximum Gasteiger partial charge on any atom is 0.170 e. The number of ether oxygens (including phenoxy) is 3. The second-order valence-electron chi connectivity index (χ2n) is 8.10. The number of hydrogen-bond acceptors (Lipinski definition) is 6. The van der Waals surface area contributed by atoms with Crippen LogP contribution in [0.15, 0.2) is 55.2 Å². The topological polar surface area (TPSA) is 82.5 Å². The molecule has 182 valence electrons. The van der Waals surface area contributed by atoms with E-state index in [1.54, 1.807) is 26.6 Å². The Labute approximate surface area is 210 Å². The van der Waals surface area contributed by atoms with Gasteiger partial charge in [-0.05, 0) is 67.9 Å². The van der Waals surface area contributed by atoms with E-state index in [-0.39, 0.29) is 0 Å². The van der Waals surface area contributed by atoms with Crippen LogP contribution in [0.3, 0.4) is 0 Å². The number of hydrogen-bond donors (Lipinski definition) is 2. The first-order chi connectivity index (χ1) is 17.0. The van der Waals surface area contributed by atoms with Crippen molar-refractivity contribution >= 4 is 33.9 Å². The van der Waals surface area contributed by atoms with Crippen molar-refractivity contribution in [2.45, 2.75) is 26.8 Å². The van der Waals surface area contributed by atoms with Crippen molar-refractivity contribution in [2.24, 2.45) is 0 Å². The molecule has 0 aliphatic heterocycles. The third kappa shape index (κ3) is 5.81. The van der Waals surface area contributed by atoms with E-state index in [0.717, 1.165) is 53.0 Å². The van der Waals surface area contributed by atoms with Crippen LogP contribution in [0.5, 0.6) is 23.0 Å². The van der Waals surface area contributed by atoms with Crippen LogP contribution in [-0.2, 0) is 6.54 Å². The normalized spacial score (nSPS) is 10.7. The lowest BCUT2D eigenvalue weighted by Crippen LogP contribution is -2.30. The fraction of sp³-hybridized carbons (Fsp3) is 0.269. The maximum absolute atomic E-state index is 6.33. The van der Waals surface area contributed by atoms with Gasteiger partial charge in [-0.1, -0.05) is 0 Å². The Bertz CT molecular complexity index is 1320. The summed E-state index contributed by atoms with van der Waals surface area (Å²) in [6.07, 6.45) is 8.21. The highest BCUT2D eigenvalue weighted by atomic mass is 32.1. The first-order valence-electron chi connectivity index (χ1n) is 11.3. The van der Waals surface area contributed by atoms with Crippen LogP contribution >= 0.6 is 12.2 Å². The number of imidazole rings is 1. The van der Waals surface area contributed by atoms with Crippen LogP contribution in [0.2, 0.25) is 0 Å². The summed E-state index contributed by atoms with van der Waals surface area (Å²) in [4.78, 5) is 8.50. The van der Waals surface area contributed by atoms with E-state index in [4.69, 9.17) is 26.4 Å². The van der Waals surface area contributed by atoms with Gasteiger partial charge < -0.3 is 29.4 Å². The van der Waals surface area contributed by atoms with Crippen molar-refractivity contribution in [3.8, 4) is 23.0 Å². The second kappa shape index (κ2) is 11.1. The molecule has 0 saturated carbocycles. The Balaban J connectivity index is 1.45. The Morgan fingerprint density at radius 3 is 2.51 bits per heavy atom. The molecule has 0 saturated heterocycles. The number of aryl methyl sites for hydroxylation is 3. The second-order valence-corrected chi connectivity index (χ2v) is 8.51. The Kier molecular flexibility index (Phi) is 7.67. The van der Waals surface area contributed by atoms with Crippen molar-refractivity contribution in [3.05, 3.63) is 66.4 Å². The molecule has 0 spiro atoms. The van der Waals surface area contributed by atoms with Gasteiger partial charge >= 0.3 is 0 Å². The largest absolute Gasteiger partial charge is 0.493 e. The zero-order chi connectivity index (χ0) is 24.8. The average Bonchev–Trinajstić information content (AvgIpc) is 3.38. The molecule has 0 amide bonds. The molecule has 0 aliphatic rings. The molecule has 2 heterocycles. The Morgan fingerprint density at radius 2 is 1.77 bits per heavy atom. The molecular weight excluding hydrogens is 462 g/mol. The number of nitrogens with zero attached hydrogens (tertiary/aromatic N) is 3. The molecule has 8 nitrogen and oxygen atoms in total. The molecule has 0 radical (unpaired) electrons. The van der Waals surface area contributed by atoms with Crippen molar-refractivity contribution in [1.82, 2.24) is 19.9 Å². The van der Waals surface area contributed by atoms with Crippen LogP contribution in [0.25, 0.3) is 10.9 Å². The maximum atomic E-state index is 6.33. The average molecular weight is 492 g/mol. The molecule has 35 heavy (non-hydrogen) atoms. The minimum absolute atomic E-state index is 0.591. The highest BCUT2D eigenvalue weighted by Gasteiger charge is 2.13. The number of fused-ring (bicyclic) bond motifs is 1. The van der Waals surface area contributed by atoms with Gasteiger partial charge in [0.1, 0.15) is 11.5 Å². The summed E-state index contributed by atoms with van der Waals surface area (Å²) >= 11 is 5.49. The summed E-state index contributed by atoms with van der Waals surface area (Å²) in [5, 5.41) is 7.99. The zero-order valence-electron chi connectivity index (χ0n) is 20.3. The van der Waals surface area contributed by atoms with Crippen LogP contribution in [-0.4, -0.2) is 40.4 Å². The van der Waals surface area contributed by atoms with E-state index >= 15 is 0 Å². The number of anilines is 1. The molecule has 4 aromatic rings. The van der Waals surface area contributed by atoms with Gasteiger partial charge in [-0.2, -0.15) is 0 Å². The van der Waals surface area contributed by atoms with E-state index in [9.17, 15) is 0 Å². The molecule has 0 atom stereocenters. The summed E-state index contributed by atoms with van der Waals surface area (Å²) < 4.78 is 19.2. The van der Waals surface area contributed by atoms with Crippen LogP contribution in [0.4, 0.5) is 5.69 Å². The van der Waals surface area contributed by atoms with Crippen molar-refractivity contribution in [2.75, 3.05) is 26.1 Å². The van der Waals surface area contributed by atoms with E-state index in [1.807, 2.05) is 61.3 Å². The van der Waals surface area contributed by atoms with Gasteiger partial charge in [0.2, 0.25) is 0 Å². The number of nitrogens with one attached hydrogen (secondary N) is 2. The van der Waals surface area contributed by atoms with Crippen LogP contribution in [0.1, 0.15) is 17.5 Å². The molecule has 4 rings (SSSR count). The predicted octanol–water partition coefficient (Wildman–Crippen LogP) is 5.23. The van der Waals surface area contributed by atoms with Gasteiger partial charge in [-0.3, -0.25) is 4.98 Å². The first kappa shape index (κ1) is 24.3. The summed E-state index contributed by atoms with van der Waals surface area (Å²) in [5.41, 5.74) is 3.70. The molecule has 9 heteroatoms. The number of benzene rings is 2. The predicted molar refractivity (Wildman–Crippen MR) is 142 cm³/mol. The lowest BCUT2D eigenvalue weighted by atomic mass is 10.1. The number of pyridine rings is 1. The minimum Gasteiger partial charge on any atom is -0.493 e. The summed E-state index contributed by atoms with van der Waals surface area (Å²) in [5.74, 6) is 2.69. The lowest BCUT2D eigenvalue weighted by molar-refractivity contribution is 0.355. The number of rotatable bonds is 9. The SMILES string of the molecule is COc1cc2nccc(Oc3cc(C)c(NC(=S)NCCCn4ccnc4)cc3C)c2cc1OC. The third-order valence-corrected chi connectivity index (χ3v) is 5.88. The molecule has 0 bridgehead atoms. The lowest BCUT2D eigenvalue weighted by Gasteiger charge is -2.17. The zero-order valence-corrected chi connectivity index (χ0v) is 21.1. The van der Waals surface area contributed by atoms with Gasteiger partial charge in [-0.25, -0.2) is 4.98 Å². The molecular formula is C26H29N5O3S. The minimum atomic E-state index is 0.591. The van der Waals surface area contributed by atoms with Gasteiger partial charge in [0.15, 0.2) is 16.6 Å². The van der Waals surface area contributed by atoms with E-state index < -0.39 is 0 Å². The monoisotopic (exact) mass is 491 g/mol. The fourth-order valence-corrected chi connectivity index (χ4v) is 3.95. The summed E-state index contributed by atoms with van der Waals surface area (Å²) in [6.45, 7) is 5.69. The Hall–Kier alpha value is -3.85. The van der Waals surface area contributed by atoms with Gasteiger partial charge in [-0.15, -0.1) is 0 Å². The molecule has 2 N–H and O–H groups in total. The van der Waals surface area contributed by atoms with E-state index in [1.165, 1.54) is 0 Å². The van der Waals surface area contributed by atoms with Crippen molar-refractivity contribution in [3.63, 3.8) is 0 Å². The van der Waals surface area contributed by atoms with Gasteiger partial charge in [0, 0.05) is 48.8 Å². The highest BCUT2D eigenvalue weighted by molar-refractivity contribution is 7.80. The highest BCUT2D eigenvalue weighted by Crippen LogP contribution is 2.38.